The minimum atomic E-state index is -1.54. The van der Waals surface area contributed by atoms with Crippen molar-refractivity contribution >= 4 is 0 Å². The van der Waals surface area contributed by atoms with E-state index in [9.17, 15) is 15.3 Å². The summed E-state index contributed by atoms with van der Waals surface area (Å²) in [5.74, 6) is 0. The highest BCUT2D eigenvalue weighted by Gasteiger charge is 2.29. The molecule has 0 aliphatic heterocycles. The van der Waals surface area contributed by atoms with Crippen LogP contribution in [0.1, 0.15) is 6.42 Å². The standard InChI is InChI=1S/C8H19NO5/c1-9-3-2-5(11)7(13)8(14)6(12)4-10/h5-14H,2-4H2,1H3. The first-order valence-electron chi connectivity index (χ1n) is 4.52. The third-order valence-corrected chi connectivity index (χ3v) is 2.02. The molecule has 4 atom stereocenters. The Morgan fingerprint density at radius 1 is 1.00 bits per heavy atom. The van der Waals surface area contributed by atoms with Gasteiger partial charge >= 0.3 is 0 Å². The molecule has 0 aliphatic rings. The SMILES string of the molecule is CNCCC(O)C(O)C(O)C(O)CO. The molecule has 0 amide bonds. The lowest BCUT2D eigenvalue weighted by molar-refractivity contribution is -0.115. The molecule has 0 bridgehead atoms. The zero-order valence-electron chi connectivity index (χ0n) is 8.17. The van der Waals surface area contributed by atoms with Gasteiger partial charge in [0.25, 0.3) is 0 Å². The second kappa shape index (κ2) is 7.10. The highest BCUT2D eigenvalue weighted by molar-refractivity contribution is 4.80. The second-order valence-electron chi connectivity index (χ2n) is 3.19. The molecule has 4 unspecified atom stereocenters. The highest BCUT2D eigenvalue weighted by atomic mass is 16.4. The Morgan fingerprint density at radius 2 is 1.50 bits per heavy atom. The van der Waals surface area contributed by atoms with Crippen LogP contribution in [0.4, 0.5) is 0 Å². The van der Waals surface area contributed by atoms with E-state index in [1.165, 1.54) is 0 Å². The zero-order chi connectivity index (χ0) is 11.1. The van der Waals surface area contributed by atoms with Gasteiger partial charge in [-0.05, 0) is 20.0 Å². The van der Waals surface area contributed by atoms with Gasteiger partial charge in [0.05, 0.1) is 12.7 Å². The summed E-state index contributed by atoms with van der Waals surface area (Å²) in [6.07, 6.45) is -5.29. The first-order chi connectivity index (χ1) is 6.54. The molecule has 0 rings (SSSR count). The van der Waals surface area contributed by atoms with Gasteiger partial charge in [0.15, 0.2) is 0 Å². The average Bonchev–Trinajstić information content (AvgIpc) is 2.22. The first kappa shape index (κ1) is 13.8. The lowest BCUT2D eigenvalue weighted by atomic mass is 10.0. The van der Waals surface area contributed by atoms with Gasteiger partial charge < -0.3 is 30.8 Å². The van der Waals surface area contributed by atoms with Crippen LogP contribution in [0.2, 0.25) is 0 Å². The number of nitrogens with one attached hydrogen (secondary N) is 1. The molecule has 0 aliphatic carbocycles. The molecule has 86 valence electrons. The summed E-state index contributed by atoms with van der Waals surface area (Å²) in [5, 5.41) is 48.1. The van der Waals surface area contributed by atoms with Crippen molar-refractivity contribution in [3.63, 3.8) is 0 Å². The van der Waals surface area contributed by atoms with Crippen molar-refractivity contribution in [1.29, 1.82) is 0 Å². The van der Waals surface area contributed by atoms with Crippen LogP contribution >= 0.6 is 0 Å². The van der Waals surface area contributed by atoms with Crippen molar-refractivity contribution in [1.82, 2.24) is 5.32 Å². The summed E-state index contributed by atoms with van der Waals surface area (Å²) < 4.78 is 0. The molecule has 0 fully saturated rings. The van der Waals surface area contributed by atoms with E-state index in [4.69, 9.17) is 10.2 Å². The number of hydrogen-bond donors (Lipinski definition) is 6. The number of aliphatic hydroxyl groups excluding tert-OH is 5. The highest BCUT2D eigenvalue weighted by Crippen LogP contribution is 2.07. The Labute approximate surface area is 82.8 Å². The van der Waals surface area contributed by atoms with E-state index in [1.54, 1.807) is 7.05 Å². The molecule has 6 N–H and O–H groups in total. The summed E-state index contributed by atoms with van der Waals surface area (Å²) >= 11 is 0. The van der Waals surface area contributed by atoms with Crippen molar-refractivity contribution in [3.8, 4) is 0 Å². The average molecular weight is 209 g/mol. The van der Waals surface area contributed by atoms with Gasteiger partial charge in [-0.2, -0.15) is 0 Å². The van der Waals surface area contributed by atoms with Crippen LogP contribution < -0.4 is 5.32 Å². The normalized spacial score (nSPS) is 20.1. The van der Waals surface area contributed by atoms with E-state index in [-0.39, 0.29) is 6.42 Å². The summed E-state index contributed by atoms with van der Waals surface area (Å²) in [7, 11) is 1.69. The Morgan fingerprint density at radius 3 is 1.93 bits per heavy atom. The predicted octanol–water partition coefficient (Wildman–Crippen LogP) is -2.97. The van der Waals surface area contributed by atoms with E-state index in [1.807, 2.05) is 0 Å². The van der Waals surface area contributed by atoms with Crippen LogP contribution in [0.15, 0.2) is 0 Å². The minimum absolute atomic E-state index is 0.257. The van der Waals surface area contributed by atoms with Gasteiger partial charge in [-0.1, -0.05) is 0 Å². The molecule has 0 spiro atoms. The van der Waals surface area contributed by atoms with E-state index in [2.05, 4.69) is 5.32 Å². The Kier molecular flexibility index (Phi) is 6.98. The van der Waals surface area contributed by atoms with Crippen LogP contribution in [0.3, 0.4) is 0 Å². The maximum absolute atomic E-state index is 9.32. The summed E-state index contributed by atoms with van der Waals surface area (Å²) in [5.41, 5.74) is 0. The van der Waals surface area contributed by atoms with Crippen LogP contribution in [0.25, 0.3) is 0 Å². The minimum Gasteiger partial charge on any atom is -0.394 e. The largest absolute Gasteiger partial charge is 0.394 e. The third kappa shape index (κ3) is 4.32. The summed E-state index contributed by atoms with van der Waals surface area (Å²) in [6.45, 7) is -0.170. The molecule has 6 nitrogen and oxygen atoms in total. The van der Waals surface area contributed by atoms with E-state index < -0.39 is 31.0 Å². The fourth-order valence-corrected chi connectivity index (χ4v) is 1.03. The molecule has 0 aromatic rings. The third-order valence-electron chi connectivity index (χ3n) is 2.02. The number of hydrogen-bond acceptors (Lipinski definition) is 6. The summed E-state index contributed by atoms with van der Waals surface area (Å²) in [6, 6.07) is 0. The Balaban J connectivity index is 3.95. The topological polar surface area (TPSA) is 113 Å². The fourth-order valence-electron chi connectivity index (χ4n) is 1.03. The van der Waals surface area contributed by atoms with E-state index >= 15 is 0 Å². The molecule has 14 heavy (non-hydrogen) atoms. The first-order valence-corrected chi connectivity index (χ1v) is 4.52. The molecule has 0 aromatic carbocycles. The molecular formula is C8H19NO5. The van der Waals surface area contributed by atoms with Crippen molar-refractivity contribution in [2.24, 2.45) is 0 Å². The van der Waals surface area contributed by atoms with Gasteiger partial charge in [-0.15, -0.1) is 0 Å². The van der Waals surface area contributed by atoms with Gasteiger partial charge in [0.1, 0.15) is 18.3 Å². The van der Waals surface area contributed by atoms with Crippen LogP contribution in [0, 0.1) is 0 Å². The van der Waals surface area contributed by atoms with Gasteiger partial charge in [-0.3, -0.25) is 0 Å². The maximum atomic E-state index is 9.32. The van der Waals surface area contributed by atoms with Crippen LogP contribution in [0.5, 0.6) is 0 Å². The molecule has 0 heterocycles. The molecule has 0 saturated carbocycles. The second-order valence-corrected chi connectivity index (χ2v) is 3.19. The molecule has 0 aromatic heterocycles. The lowest BCUT2D eigenvalue weighted by Gasteiger charge is -2.25. The Hall–Kier alpha value is -0.240. The summed E-state index contributed by atoms with van der Waals surface area (Å²) in [4.78, 5) is 0. The maximum Gasteiger partial charge on any atom is 0.110 e. The van der Waals surface area contributed by atoms with Crippen molar-refractivity contribution in [3.05, 3.63) is 0 Å². The zero-order valence-corrected chi connectivity index (χ0v) is 8.17. The number of rotatable bonds is 7. The van der Waals surface area contributed by atoms with Gasteiger partial charge in [0.2, 0.25) is 0 Å². The quantitative estimate of drug-likeness (QED) is 0.267. The van der Waals surface area contributed by atoms with E-state index in [0.717, 1.165) is 0 Å². The molecular weight excluding hydrogens is 190 g/mol. The number of aliphatic hydroxyl groups is 5. The lowest BCUT2D eigenvalue weighted by Crippen LogP contribution is -2.46. The monoisotopic (exact) mass is 209 g/mol. The molecule has 0 saturated heterocycles. The molecule has 6 heteroatoms. The molecule has 0 radical (unpaired) electrons. The Bertz CT molecular complexity index is 146. The fraction of sp³-hybridized carbons (Fsp3) is 1.00. The van der Waals surface area contributed by atoms with Crippen molar-refractivity contribution < 1.29 is 25.5 Å². The smallest absolute Gasteiger partial charge is 0.110 e. The van der Waals surface area contributed by atoms with Crippen molar-refractivity contribution in [2.45, 2.75) is 30.8 Å². The van der Waals surface area contributed by atoms with Gasteiger partial charge in [-0.25, -0.2) is 0 Å². The van der Waals surface area contributed by atoms with Crippen LogP contribution in [-0.4, -0.2) is 70.1 Å². The van der Waals surface area contributed by atoms with Crippen LogP contribution in [-0.2, 0) is 0 Å². The van der Waals surface area contributed by atoms with Gasteiger partial charge in [0, 0.05) is 0 Å². The van der Waals surface area contributed by atoms with E-state index in [0.29, 0.717) is 6.54 Å². The van der Waals surface area contributed by atoms with Crippen molar-refractivity contribution in [2.75, 3.05) is 20.2 Å². The predicted molar refractivity (Wildman–Crippen MR) is 49.7 cm³/mol.